The van der Waals surface area contributed by atoms with Crippen LogP contribution in [0.2, 0.25) is 0 Å². The molecule has 0 unspecified atom stereocenters. The average molecular weight is 256 g/mol. The van der Waals surface area contributed by atoms with Crippen LogP contribution in [0.1, 0.15) is 24.2 Å². The van der Waals surface area contributed by atoms with Crippen molar-refractivity contribution in [2.24, 2.45) is 0 Å². The quantitative estimate of drug-likeness (QED) is 0.775. The van der Waals surface area contributed by atoms with Gasteiger partial charge < -0.3 is 9.64 Å². The number of para-hydroxylation sites is 1. The zero-order chi connectivity index (χ0) is 13.1. The SMILES string of the molecule is COc1ccccc1C(=O)N(C)C(C)(C)CCl. The van der Waals surface area contributed by atoms with Gasteiger partial charge in [-0.1, -0.05) is 12.1 Å². The largest absolute Gasteiger partial charge is 0.496 e. The molecule has 0 saturated heterocycles. The molecular formula is C13H18ClNO2. The molecule has 94 valence electrons. The predicted octanol–water partition coefficient (Wildman–Crippen LogP) is 2.78. The van der Waals surface area contributed by atoms with Crippen molar-refractivity contribution in [2.75, 3.05) is 20.0 Å². The number of hydrogen-bond acceptors (Lipinski definition) is 2. The summed E-state index contributed by atoms with van der Waals surface area (Å²) >= 11 is 5.87. The second kappa shape index (κ2) is 5.41. The molecule has 0 bridgehead atoms. The molecule has 1 amide bonds. The number of benzene rings is 1. The lowest BCUT2D eigenvalue weighted by Gasteiger charge is -2.34. The zero-order valence-electron chi connectivity index (χ0n) is 10.7. The summed E-state index contributed by atoms with van der Waals surface area (Å²) in [6.45, 7) is 3.85. The molecule has 1 aromatic rings. The van der Waals surface area contributed by atoms with Crippen LogP contribution >= 0.6 is 11.6 Å². The number of halogens is 1. The number of alkyl halides is 1. The molecule has 0 N–H and O–H groups in total. The minimum atomic E-state index is -0.389. The number of ether oxygens (including phenoxy) is 1. The molecule has 0 aromatic heterocycles. The van der Waals surface area contributed by atoms with E-state index in [1.54, 1.807) is 31.2 Å². The minimum absolute atomic E-state index is 0.0897. The van der Waals surface area contributed by atoms with Gasteiger partial charge in [-0.3, -0.25) is 4.79 Å². The van der Waals surface area contributed by atoms with Crippen molar-refractivity contribution >= 4 is 17.5 Å². The van der Waals surface area contributed by atoms with Gasteiger partial charge in [-0.15, -0.1) is 11.6 Å². The Kier molecular flexibility index (Phi) is 4.40. The molecule has 0 fully saturated rings. The van der Waals surface area contributed by atoms with Crippen LogP contribution in [0.25, 0.3) is 0 Å². The molecule has 1 rings (SSSR count). The fourth-order valence-corrected chi connectivity index (χ4v) is 1.55. The van der Waals surface area contributed by atoms with E-state index in [1.165, 1.54) is 0 Å². The lowest BCUT2D eigenvalue weighted by atomic mass is 10.0. The van der Waals surface area contributed by atoms with Crippen LogP contribution in [-0.4, -0.2) is 36.4 Å². The van der Waals surface area contributed by atoms with Crippen molar-refractivity contribution in [3.05, 3.63) is 29.8 Å². The van der Waals surface area contributed by atoms with E-state index in [1.807, 2.05) is 26.0 Å². The third-order valence-electron chi connectivity index (χ3n) is 2.88. The first-order chi connectivity index (χ1) is 7.94. The molecule has 0 saturated carbocycles. The van der Waals surface area contributed by atoms with Gasteiger partial charge in [0.15, 0.2) is 0 Å². The van der Waals surface area contributed by atoms with Crippen molar-refractivity contribution in [1.82, 2.24) is 4.90 Å². The summed E-state index contributed by atoms with van der Waals surface area (Å²) in [7, 11) is 3.30. The molecule has 0 spiro atoms. The van der Waals surface area contributed by atoms with E-state index >= 15 is 0 Å². The summed E-state index contributed by atoms with van der Waals surface area (Å²) in [5.74, 6) is 0.868. The Morgan fingerprint density at radius 1 is 1.41 bits per heavy atom. The second-order valence-electron chi connectivity index (χ2n) is 4.51. The first kappa shape index (κ1) is 13.8. The van der Waals surface area contributed by atoms with Crippen LogP contribution in [0.3, 0.4) is 0 Å². The Balaban J connectivity index is 3.04. The maximum absolute atomic E-state index is 12.3. The maximum Gasteiger partial charge on any atom is 0.257 e. The van der Waals surface area contributed by atoms with Crippen LogP contribution < -0.4 is 4.74 Å². The number of hydrogen-bond donors (Lipinski definition) is 0. The van der Waals surface area contributed by atoms with E-state index < -0.39 is 0 Å². The fourth-order valence-electron chi connectivity index (χ4n) is 1.37. The summed E-state index contributed by atoms with van der Waals surface area (Å²) in [5, 5.41) is 0. The standard InChI is InChI=1S/C13H18ClNO2/c1-13(2,9-14)15(3)12(16)10-7-5-6-8-11(10)17-4/h5-8H,9H2,1-4H3. The van der Waals surface area contributed by atoms with Crippen molar-refractivity contribution in [1.29, 1.82) is 0 Å². The van der Waals surface area contributed by atoms with Gasteiger partial charge in [0.05, 0.1) is 18.2 Å². The lowest BCUT2D eigenvalue weighted by molar-refractivity contribution is 0.0657. The van der Waals surface area contributed by atoms with Gasteiger partial charge in [0.2, 0.25) is 0 Å². The van der Waals surface area contributed by atoms with Gasteiger partial charge in [0, 0.05) is 12.9 Å². The van der Waals surface area contributed by atoms with E-state index in [4.69, 9.17) is 16.3 Å². The average Bonchev–Trinajstić information content (AvgIpc) is 2.36. The third-order valence-corrected chi connectivity index (χ3v) is 3.53. The summed E-state index contributed by atoms with van der Waals surface area (Å²) in [5.41, 5.74) is 0.162. The number of nitrogens with zero attached hydrogens (tertiary/aromatic N) is 1. The molecule has 4 heteroatoms. The van der Waals surface area contributed by atoms with E-state index in [2.05, 4.69) is 0 Å². The van der Waals surface area contributed by atoms with Gasteiger partial charge in [0.1, 0.15) is 5.75 Å². The second-order valence-corrected chi connectivity index (χ2v) is 4.78. The normalized spacial score (nSPS) is 11.1. The van der Waals surface area contributed by atoms with Gasteiger partial charge >= 0.3 is 0 Å². The van der Waals surface area contributed by atoms with Crippen molar-refractivity contribution in [2.45, 2.75) is 19.4 Å². The van der Waals surface area contributed by atoms with Crippen molar-refractivity contribution < 1.29 is 9.53 Å². The molecule has 1 aromatic carbocycles. The topological polar surface area (TPSA) is 29.5 Å². The molecule has 0 radical (unpaired) electrons. The minimum Gasteiger partial charge on any atom is -0.496 e. The number of methoxy groups -OCH3 is 1. The highest BCUT2D eigenvalue weighted by atomic mass is 35.5. The Morgan fingerprint density at radius 3 is 2.53 bits per heavy atom. The maximum atomic E-state index is 12.3. The van der Waals surface area contributed by atoms with E-state index in [0.29, 0.717) is 17.2 Å². The highest BCUT2D eigenvalue weighted by Crippen LogP contribution is 2.23. The number of rotatable bonds is 4. The van der Waals surface area contributed by atoms with E-state index in [0.717, 1.165) is 0 Å². The lowest BCUT2D eigenvalue weighted by Crippen LogP contribution is -2.46. The molecule has 0 atom stereocenters. The number of carbonyl (C=O) groups excluding carboxylic acids is 1. The van der Waals surface area contributed by atoms with Crippen LogP contribution in [0, 0.1) is 0 Å². The third kappa shape index (κ3) is 2.91. The van der Waals surface area contributed by atoms with Gasteiger partial charge in [-0.05, 0) is 26.0 Å². The van der Waals surface area contributed by atoms with Gasteiger partial charge in [-0.2, -0.15) is 0 Å². The van der Waals surface area contributed by atoms with Crippen LogP contribution in [0.15, 0.2) is 24.3 Å². The first-order valence-corrected chi connectivity index (χ1v) is 5.94. The first-order valence-electron chi connectivity index (χ1n) is 5.41. The highest BCUT2D eigenvalue weighted by Gasteiger charge is 2.28. The van der Waals surface area contributed by atoms with Gasteiger partial charge in [-0.25, -0.2) is 0 Å². The van der Waals surface area contributed by atoms with Crippen LogP contribution in [-0.2, 0) is 0 Å². The predicted molar refractivity (Wildman–Crippen MR) is 69.9 cm³/mol. The molecule has 0 aliphatic carbocycles. The van der Waals surface area contributed by atoms with E-state index in [9.17, 15) is 4.79 Å². The molecule has 3 nitrogen and oxygen atoms in total. The van der Waals surface area contributed by atoms with E-state index in [-0.39, 0.29) is 11.4 Å². The number of carbonyl (C=O) groups is 1. The highest BCUT2D eigenvalue weighted by molar-refractivity contribution is 6.18. The summed E-state index contributed by atoms with van der Waals surface area (Å²) < 4.78 is 5.18. The molecular weight excluding hydrogens is 238 g/mol. The summed E-state index contributed by atoms with van der Waals surface area (Å²) in [6.07, 6.45) is 0. The zero-order valence-corrected chi connectivity index (χ0v) is 11.4. The fraction of sp³-hybridized carbons (Fsp3) is 0.462. The Labute approximate surface area is 107 Å². The van der Waals surface area contributed by atoms with Gasteiger partial charge in [0.25, 0.3) is 5.91 Å². The Morgan fingerprint density at radius 2 is 2.00 bits per heavy atom. The summed E-state index contributed by atoms with van der Waals surface area (Å²) in [4.78, 5) is 14.0. The molecule has 0 aliphatic rings. The Bertz CT molecular complexity index is 404. The summed E-state index contributed by atoms with van der Waals surface area (Å²) in [6, 6.07) is 7.18. The van der Waals surface area contributed by atoms with Crippen molar-refractivity contribution in [3.63, 3.8) is 0 Å². The van der Waals surface area contributed by atoms with Crippen molar-refractivity contribution in [3.8, 4) is 5.75 Å². The Hall–Kier alpha value is -1.22. The number of amides is 1. The molecule has 17 heavy (non-hydrogen) atoms. The van der Waals surface area contributed by atoms with Crippen LogP contribution in [0.4, 0.5) is 0 Å². The molecule has 0 aliphatic heterocycles. The smallest absolute Gasteiger partial charge is 0.257 e. The molecule has 0 heterocycles. The van der Waals surface area contributed by atoms with Crippen LogP contribution in [0.5, 0.6) is 5.75 Å². The monoisotopic (exact) mass is 255 g/mol.